The first kappa shape index (κ1) is 26.1. The number of alkyl halides is 2. The number of aromatic amines is 1. The summed E-state index contributed by atoms with van der Waals surface area (Å²) in [5, 5.41) is 3.84. The number of amides is 1. The predicted octanol–water partition coefficient (Wildman–Crippen LogP) is 5.66. The molecule has 3 aromatic carbocycles. The number of rotatable bonds is 10. The van der Waals surface area contributed by atoms with Gasteiger partial charge in [0.15, 0.2) is 0 Å². The molecule has 9 heteroatoms. The van der Waals surface area contributed by atoms with Gasteiger partial charge in [0.25, 0.3) is 5.91 Å². The van der Waals surface area contributed by atoms with E-state index in [1.54, 1.807) is 13.0 Å². The molecule has 6 nitrogen and oxygen atoms in total. The minimum atomic E-state index is -3.52. The van der Waals surface area contributed by atoms with E-state index in [4.69, 9.17) is 15.2 Å². The summed E-state index contributed by atoms with van der Waals surface area (Å²) in [5.41, 5.74) is 8.58. The van der Waals surface area contributed by atoms with E-state index in [0.717, 1.165) is 16.5 Å². The number of ether oxygens (including phenoxy) is 2. The van der Waals surface area contributed by atoms with Crippen LogP contribution in [0, 0.1) is 5.82 Å². The first-order chi connectivity index (χ1) is 17.7. The number of hydrogen-bond donors (Lipinski definition) is 3. The molecule has 0 radical (unpaired) electrons. The van der Waals surface area contributed by atoms with Crippen LogP contribution in [0.4, 0.5) is 13.2 Å². The second-order valence-electron chi connectivity index (χ2n) is 8.70. The van der Waals surface area contributed by atoms with Gasteiger partial charge in [-0.1, -0.05) is 24.3 Å². The molecule has 37 heavy (non-hydrogen) atoms. The maximum Gasteiger partial charge on any atom is 0.394 e. The predicted molar refractivity (Wildman–Crippen MR) is 137 cm³/mol. The number of benzene rings is 3. The normalized spacial score (nSPS) is 12.4. The van der Waals surface area contributed by atoms with Gasteiger partial charge in [-0.3, -0.25) is 4.79 Å². The number of carbonyl (C=O) groups is 1. The van der Waals surface area contributed by atoms with Gasteiger partial charge in [-0.2, -0.15) is 8.78 Å². The van der Waals surface area contributed by atoms with Crippen LogP contribution in [0.1, 0.15) is 29.8 Å². The molecule has 0 saturated heterocycles. The van der Waals surface area contributed by atoms with Gasteiger partial charge < -0.3 is 25.5 Å². The molecule has 1 heterocycles. The molecule has 1 amide bonds. The van der Waals surface area contributed by atoms with E-state index in [1.165, 1.54) is 30.3 Å². The van der Waals surface area contributed by atoms with Gasteiger partial charge >= 0.3 is 6.11 Å². The largest absolute Gasteiger partial charge is 0.494 e. The number of fused-ring (bicyclic) bond motifs is 1. The van der Waals surface area contributed by atoms with E-state index in [-0.39, 0.29) is 17.9 Å². The fourth-order valence-corrected chi connectivity index (χ4v) is 4.17. The summed E-state index contributed by atoms with van der Waals surface area (Å²) in [6.45, 7) is 2.82. The van der Waals surface area contributed by atoms with Crippen molar-refractivity contribution < 1.29 is 27.4 Å². The molecule has 1 aromatic heterocycles. The lowest BCUT2D eigenvalue weighted by Crippen LogP contribution is -2.42. The molecule has 1 unspecified atom stereocenters. The third-order valence-corrected chi connectivity index (χ3v) is 5.79. The van der Waals surface area contributed by atoms with E-state index >= 15 is 0 Å². The number of H-pyrrole nitrogens is 1. The van der Waals surface area contributed by atoms with Crippen LogP contribution in [0.5, 0.6) is 11.5 Å². The van der Waals surface area contributed by atoms with Gasteiger partial charge in [-0.05, 0) is 60.4 Å². The van der Waals surface area contributed by atoms with Crippen LogP contribution in [0.25, 0.3) is 22.0 Å². The number of aromatic nitrogens is 1. The molecular weight excluding hydrogens is 483 g/mol. The first-order valence-electron chi connectivity index (χ1n) is 11.9. The average Bonchev–Trinajstić information content (AvgIpc) is 3.25. The minimum absolute atomic E-state index is 0.118. The Morgan fingerprint density at radius 3 is 2.62 bits per heavy atom. The van der Waals surface area contributed by atoms with Gasteiger partial charge in [0, 0.05) is 42.7 Å². The summed E-state index contributed by atoms with van der Waals surface area (Å²) in [4.78, 5) is 16.5. The van der Waals surface area contributed by atoms with Crippen molar-refractivity contribution in [2.45, 2.75) is 32.4 Å². The molecule has 0 aliphatic heterocycles. The van der Waals surface area contributed by atoms with E-state index in [0.29, 0.717) is 36.8 Å². The molecule has 0 spiro atoms. The average molecular weight is 512 g/mol. The zero-order valence-corrected chi connectivity index (χ0v) is 20.5. The molecule has 4 aromatic rings. The van der Waals surface area contributed by atoms with Crippen molar-refractivity contribution in [2.75, 3.05) is 13.2 Å². The lowest BCUT2D eigenvalue weighted by atomic mass is 10.0. The van der Waals surface area contributed by atoms with Crippen LogP contribution in [0.15, 0.2) is 66.9 Å². The van der Waals surface area contributed by atoms with Gasteiger partial charge in [-0.25, -0.2) is 4.39 Å². The number of halogens is 3. The highest BCUT2D eigenvalue weighted by Crippen LogP contribution is 2.32. The lowest BCUT2D eigenvalue weighted by molar-refractivity contribution is -0.159. The summed E-state index contributed by atoms with van der Waals surface area (Å²) in [6.07, 6.45) is -1.24. The van der Waals surface area contributed by atoms with Crippen molar-refractivity contribution >= 4 is 16.8 Å². The van der Waals surface area contributed by atoms with Gasteiger partial charge in [0.2, 0.25) is 0 Å². The van der Waals surface area contributed by atoms with Crippen molar-refractivity contribution in [1.82, 2.24) is 10.3 Å². The first-order valence-corrected chi connectivity index (χ1v) is 11.9. The molecule has 4 rings (SSSR count). The Labute approximate surface area is 212 Å². The minimum Gasteiger partial charge on any atom is -0.494 e. The monoisotopic (exact) mass is 511 g/mol. The maximum atomic E-state index is 14.2. The summed E-state index contributed by atoms with van der Waals surface area (Å²) >= 11 is 0. The Hall–Kier alpha value is -3.98. The molecule has 0 saturated carbocycles. The number of carbonyl (C=O) groups excluding carboxylic acids is 1. The summed E-state index contributed by atoms with van der Waals surface area (Å²) in [7, 11) is 0. The second kappa shape index (κ2) is 11.0. The highest BCUT2D eigenvalue weighted by Gasteiger charge is 2.27. The van der Waals surface area contributed by atoms with Crippen molar-refractivity contribution in [3.63, 3.8) is 0 Å². The molecule has 4 N–H and O–H groups in total. The zero-order valence-electron chi connectivity index (χ0n) is 20.5. The number of para-hydroxylation sites is 1. The summed E-state index contributed by atoms with van der Waals surface area (Å²) < 4.78 is 51.9. The van der Waals surface area contributed by atoms with E-state index in [1.807, 2.05) is 30.5 Å². The Morgan fingerprint density at radius 2 is 1.89 bits per heavy atom. The van der Waals surface area contributed by atoms with Crippen molar-refractivity contribution in [3.05, 3.63) is 83.8 Å². The van der Waals surface area contributed by atoms with Crippen LogP contribution in [-0.2, 0) is 6.42 Å². The summed E-state index contributed by atoms with van der Waals surface area (Å²) in [5.74, 6) is -1.17. The van der Waals surface area contributed by atoms with Gasteiger partial charge in [0.05, 0.1) is 12.2 Å². The van der Waals surface area contributed by atoms with Crippen LogP contribution in [0.2, 0.25) is 0 Å². The molecule has 0 aliphatic rings. The molecule has 0 bridgehead atoms. The lowest BCUT2D eigenvalue weighted by Gasteiger charge is -2.20. The van der Waals surface area contributed by atoms with E-state index in [9.17, 15) is 18.0 Å². The molecule has 0 fully saturated rings. The highest BCUT2D eigenvalue weighted by atomic mass is 19.3. The van der Waals surface area contributed by atoms with E-state index < -0.39 is 23.9 Å². The van der Waals surface area contributed by atoms with Crippen LogP contribution < -0.4 is 20.5 Å². The Morgan fingerprint density at radius 1 is 1.11 bits per heavy atom. The fourth-order valence-electron chi connectivity index (χ4n) is 4.17. The molecule has 1 atom stereocenters. The number of nitrogens with two attached hydrogens (primary N) is 1. The molecular formula is C28H28F3N3O3. The van der Waals surface area contributed by atoms with Gasteiger partial charge in [0.1, 0.15) is 17.3 Å². The van der Waals surface area contributed by atoms with Crippen molar-refractivity contribution in [2.24, 2.45) is 5.73 Å². The third-order valence-electron chi connectivity index (χ3n) is 5.79. The number of nitrogens with one attached hydrogen (secondary N) is 2. The van der Waals surface area contributed by atoms with Crippen molar-refractivity contribution in [1.29, 1.82) is 0 Å². The molecule has 194 valence electrons. The highest BCUT2D eigenvalue weighted by molar-refractivity contribution is 5.98. The molecule has 0 aliphatic carbocycles. The maximum absolute atomic E-state index is 14.2. The topological polar surface area (TPSA) is 89.4 Å². The van der Waals surface area contributed by atoms with Crippen LogP contribution >= 0.6 is 0 Å². The van der Waals surface area contributed by atoms with E-state index in [2.05, 4.69) is 10.3 Å². The quantitative estimate of drug-likeness (QED) is 0.256. The Bertz CT molecular complexity index is 1400. The third kappa shape index (κ3) is 6.42. The second-order valence-corrected chi connectivity index (χ2v) is 8.70. The van der Waals surface area contributed by atoms with Gasteiger partial charge in [-0.15, -0.1) is 0 Å². The Balaban J connectivity index is 1.65. The van der Waals surface area contributed by atoms with Crippen molar-refractivity contribution in [3.8, 4) is 22.6 Å². The summed E-state index contributed by atoms with van der Waals surface area (Å²) in [6, 6.07) is 15.5. The Kier molecular flexibility index (Phi) is 7.73. The standard InChI is InChI=1S/C28H28F3N3O3/c1-3-36-22-12-18(10-20(29)14-22)17-8-9-26(37-28(2,30)31)24(13-17)27(35)34-21(15-32)11-19-16-33-25-7-5-4-6-23(19)25/h4-10,12-14,16,21,33H,3,11,15,32H2,1-2H3,(H,34,35). The SMILES string of the molecule is CCOc1cc(F)cc(-c2ccc(OC(C)(F)F)c(C(=O)NC(CN)Cc3c[nH]c4ccccc34)c2)c1. The van der Waals surface area contributed by atoms with Crippen LogP contribution in [0.3, 0.4) is 0 Å². The number of hydrogen-bond acceptors (Lipinski definition) is 4. The fraction of sp³-hybridized carbons (Fsp3) is 0.250. The van der Waals surface area contributed by atoms with Crippen LogP contribution in [-0.4, -0.2) is 36.2 Å². The smallest absolute Gasteiger partial charge is 0.394 e. The zero-order chi connectivity index (χ0) is 26.6.